The zero-order valence-electron chi connectivity index (χ0n) is 11.0. The molecule has 0 amide bonds. The average Bonchev–Trinajstić information content (AvgIpc) is 2.72. The van der Waals surface area contributed by atoms with Crippen molar-refractivity contribution < 1.29 is 4.74 Å². The molecule has 1 aromatic carbocycles. The second-order valence-electron chi connectivity index (χ2n) is 4.67. The van der Waals surface area contributed by atoms with E-state index in [2.05, 4.69) is 48.8 Å². The molecule has 0 fully saturated rings. The molecule has 17 heavy (non-hydrogen) atoms. The molecular formula is C14H20N2O. The van der Waals surface area contributed by atoms with Crippen LogP contribution in [-0.2, 0) is 6.54 Å². The van der Waals surface area contributed by atoms with Crippen molar-refractivity contribution in [1.82, 2.24) is 9.47 Å². The van der Waals surface area contributed by atoms with Gasteiger partial charge in [0.15, 0.2) is 0 Å². The molecule has 92 valence electrons. The van der Waals surface area contributed by atoms with Crippen LogP contribution in [0, 0.1) is 0 Å². The summed E-state index contributed by atoms with van der Waals surface area (Å²) < 4.78 is 7.65. The molecule has 3 heteroatoms. The van der Waals surface area contributed by atoms with E-state index in [1.807, 2.05) is 12.1 Å². The number of nitrogens with zero attached hydrogens (tertiary/aromatic N) is 2. The van der Waals surface area contributed by atoms with E-state index in [4.69, 9.17) is 4.74 Å². The maximum atomic E-state index is 5.37. The van der Waals surface area contributed by atoms with E-state index in [1.165, 1.54) is 10.9 Å². The Hall–Kier alpha value is -1.48. The van der Waals surface area contributed by atoms with Gasteiger partial charge in [0.1, 0.15) is 5.75 Å². The van der Waals surface area contributed by atoms with Gasteiger partial charge in [-0.2, -0.15) is 0 Å². The Balaban J connectivity index is 2.36. The van der Waals surface area contributed by atoms with Crippen molar-refractivity contribution in [1.29, 1.82) is 0 Å². The van der Waals surface area contributed by atoms with Crippen LogP contribution in [0.15, 0.2) is 30.5 Å². The molecule has 0 aliphatic rings. The highest BCUT2D eigenvalue weighted by Crippen LogP contribution is 2.26. The molecule has 0 aliphatic carbocycles. The summed E-state index contributed by atoms with van der Waals surface area (Å²) in [5.41, 5.74) is 1.23. The van der Waals surface area contributed by atoms with Gasteiger partial charge in [-0.1, -0.05) is 6.07 Å². The Bertz CT molecular complexity index is 502. The topological polar surface area (TPSA) is 17.4 Å². The first-order chi connectivity index (χ1) is 8.13. The minimum atomic E-state index is 0.511. The van der Waals surface area contributed by atoms with E-state index in [9.17, 15) is 0 Å². The van der Waals surface area contributed by atoms with Gasteiger partial charge in [-0.25, -0.2) is 0 Å². The molecule has 3 nitrogen and oxygen atoms in total. The third-order valence-electron chi connectivity index (χ3n) is 3.34. The standard InChI is InChI=1S/C14H20N2O/c1-11(15(2)3)10-16-9-8-12-13(16)6-5-7-14(12)17-4/h5-9,11H,10H2,1-4H3. The van der Waals surface area contributed by atoms with Crippen molar-refractivity contribution in [3.05, 3.63) is 30.5 Å². The highest BCUT2D eigenvalue weighted by atomic mass is 16.5. The summed E-state index contributed by atoms with van der Waals surface area (Å²) in [6.45, 7) is 3.22. The Morgan fingerprint density at radius 1 is 1.29 bits per heavy atom. The molecule has 0 bridgehead atoms. The summed E-state index contributed by atoms with van der Waals surface area (Å²) in [6.07, 6.45) is 2.13. The normalized spacial score (nSPS) is 13.2. The van der Waals surface area contributed by atoms with E-state index in [-0.39, 0.29) is 0 Å². The molecule has 2 aromatic rings. The molecule has 1 atom stereocenters. The molecule has 0 radical (unpaired) electrons. The van der Waals surface area contributed by atoms with Crippen LogP contribution in [0.5, 0.6) is 5.75 Å². The Labute approximate surface area is 103 Å². The van der Waals surface area contributed by atoms with Crippen molar-refractivity contribution >= 4 is 10.9 Å². The van der Waals surface area contributed by atoms with Crippen LogP contribution in [0.25, 0.3) is 10.9 Å². The van der Waals surface area contributed by atoms with Gasteiger partial charge >= 0.3 is 0 Å². The highest BCUT2D eigenvalue weighted by molar-refractivity contribution is 5.86. The van der Waals surface area contributed by atoms with Gasteiger partial charge in [-0.05, 0) is 39.2 Å². The number of hydrogen-bond acceptors (Lipinski definition) is 2. The summed E-state index contributed by atoms with van der Waals surface area (Å²) in [6, 6.07) is 8.81. The first kappa shape index (κ1) is 12.0. The van der Waals surface area contributed by atoms with Crippen LogP contribution < -0.4 is 4.74 Å². The summed E-state index contributed by atoms with van der Waals surface area (Å²) in [4.78, 5) is 2.23. The fourth-order valence-electron chi connectivity index (χ4n) is 1.98. The van der Waals surface area contributed by atoms with E-state index in [0.29, 0.717) is 6.04 Å². The Morgan fingerprint density at radius 2 is 2.06 bits per heavy atom. The maximum absolute atomic E-state index is 5.37. The molecule has 2 rings (SSSR count). The Kier molecular flexibility index (Phi) is 3.38. The van der Waals surface area contributed by atoms with Crippen LogP contribution in [0.1, 0.15) is 6.92 Å². The largest absolute Gasteiger partial charge is 0.496 e. The van der Waals surface area contributed by atoms with Gasteiger partial charge in [-0.3, -0.25) is 0 Å². The predicted octanol–water partition coefficient (Wildman–Crippen LogP) is 2.60. The van der Waals surface area contributed by atoms with Crippen LogP contribution in [0.2, 0.25) is 0 Å². The smallest absolute Gasteiger partial charge is 0.128 e. The number of fused-ring (bicyclic) bond motifs is 1. The zero-order valence-corrected chi connectivity index (χ0v) is 11.0. The van der Waals surface area contributed by atoms with Crippen LogP contribution in [0.4, 0.5) is 0 Å². The molecular weight excluding hydrogens is 212 g/mol. The first-order valence-electron chi connectivity index (χ1n) is 5.91. The lowest BCUT2D eigenvalue weighted by atomic mass is 10.2. The molecule has 1 unspecified atom stereocenters. The van der Waals surface area contributed by atoms with Gasteiger partial charge in [-0.15, -0.1) is 0 Å². The van der Waals surface area contributed by atoms with Crippen molar-refractivity contribution in [2.75, 3.05) is 21.2 Å². The SMILES string of the molecule is COc1cccc2c1ccn2CC(C)N(C)C. The van der Waals surface area contributed by atoms with Gasteiger partial charge in [0.05, 0.1) is 12.6 Å². The molecule has 0 spiro atoms. The summed E-state index contributed by atoms with van der Waals surface area (Å²) in [5.74, 6) is 0.943. The summed E-state index contributed by atoms with van der Waals surface area (Å²) in [5, 5.41) is 1.18. The third-order valence-corrected chi connectivity index (χ3v) is 3.34. The van der Waals surface area contributed by atoms with Crippen molar-refractivity contribution in [2.45, 2.75) is 19.5 Å². The fraction of sp³-hybridized carbons (Fsp3) is 0.429. The van der Waals surface area contributed by atoms with Crippen LogP contribution in [0.3, 0.4) is 0 Å². The van der Waals surface area contributed by atoms with Gasteiger partial charge in [0.2, 0.25) is 0 Å². The quantitative estimate of drug-likeness (QED) is 0.806. The van der Waals surface area contributed by atoms with E-state index in [0.717, 1.165) is 12.3 Å². The number of likely N-dealkylation sites (N-methyl/N-ethyl adjacent to an activating group) is 1. The monoisotopic (exact) mass is 232 g/mol. The lowest BCUT2D eigenvalue weighted by Gasteiger charge is -2.20. The van der Waals surface area contributed by atoms with Crippen LogP contribution >= 0.6 is 0 Å². The van der Waals surface area contributed by atoms with Gasteiger partial charge in [0.25, 0.3) is 0 Å². The van der Waals surface area contributed by atoms with Crippen molar-refractivity contribution in [2.24, 2.45) is 0 Å². The number of methoxy groups -OCH3 is 1. The molecule has 1 heterocycles. The molecule has 0 saturated carbocycles. The zero-order chi connectivity index (χ0) is 12.4. The minimum Gasteiger partial charge on any atom is -0.496 e. The predicted molar refractivity (Wildman–Crippen MR) is 71.6 cm³/mol. The molecule has 0 saturated heterocycles. The van der Waals surface area contributed by atoms with Gasteiger partial charge in [0, 0.05) is 24.2 Å². The van der Waals surface area contributed by atoms with Crippen molar-refractivity contribution in [3.8, 4) is 5.75 Å². The van der Waals surface area contributed by atoms with Crippen LogP contribution in [-0.4, -0.2) is 36.7 Å². The van der Waals surface area contributed by atoms with E-state index < -0.39 is 0 Å². The molecule has 0 aliphatic heterocycles. The molecule has 1 aromatic heterocycles. The number of aromatic nitrogens is 1. The minimum absolute atomic E-state index is 0.511. The number of rotatable bonds is 4. The van der Waals surface area contributed by atoms with E-state index >= 15 is 0 Å². The number of benzene rings is 1. The van der Waals surface area contributed by atoms with Gasteiger partial charge < -0.3 is 14.2 Å². The maximum Gasteiger partial charge on any atom is 0.128 e. The Morgan fingerprint density at radius 3 is 2.71 bits per heavy atom. The number of ether oxygens (including phenoxy) is 1. The first-order valence-corrected chi connectivity index (χ1v) is 5.91. The third kappa shape index (κ3) is 2.29. The lowest BCUT2D eigenvalue weighted by Crippen LogP contribution is -2.28. The average molecular weight is 232 g/mol. The van der Waals surface area contributed by atoms with Crippen molar-refractivity contribution in [3.63, 3.8) is 0 Å². The number of hydrogen-bond donors (Lipinski definition) is 0. The second-order valence-corrected chi connectivity index (χ2v) is 4.67. The summed E-state index contributed by atoms with van der Waals surface area (Å²) in [7, 11) is 5.93. The highest BCUT2D eigenvalue weighted by Gasteiger charge is 2.09. The summed E-state index contributed by atoms with van der Waals surface area (Å²) >= 11 is 0. The molecule has 0 N–H and O–H groups in total. The second kappa shape index (κ2) is 4.80. The fourth-order valence-corrected chi connectivity index (χ4v) is 1.98. The van der Waals surface area contributed by atoms with E-state index in [1.54, 1.807) is 7.11 Å². The lowest BCUT2D eigenvalue weighted by molar-refractivity contribution is 0.286.